The van der Waals surface area contributed by atoms with Crippen LogP contribution in [-0.2, 0) is 0 Å². The van der Waals surface area contributed by atoms with Crippen LogP contribution >= 0.6 is 0 Å². The first-order valence-corrected chi connectivity index (χ1v) is 5.94. The molecular weight excluding hydrogens is 240 g/mol. The lowest BCUT2D eigenvalue weighted by molar-refractivity contribution is 0.0699. The van der Waals surface area contributed by atoms with Crippen molar-refractivity contribution in [3.05, 3.63) is 59.9 Å². The summed E-state index contributed by atoms with van der Waals surface area (Å²) in [6.45, 7) is 1.92. The largest absolute Gasteiger partial charge is 0.478 e. The Kier molecular flexibility index (Phi) is 2.56. The van der Waals surface area contributed by atoms with Crippen LogP contribution in [0.3, 0.4) is 0 Å². The Morgan fingerprint density at radius 3 is 2.47 bits per heavy atom. The molecule has 0 fully saturated rings. The monoisotopic (exact) mass is 252 g/mol. The summed E-state index contributed by atoms with van der Waals surface area (Å²) in [7, 11) is 0. The van der Waals surface area contributed by atoms with Crippen LogP contribution < -0.4 is 0 Å². The number of hydrogen-bond acceptors (Lipinski definition) is 2. The number of fused-ring (bicyclic) bond motifs is 1. The SMILES string of the molecule is Cc1ccn(-c2ccc(C(=O)O)c3ccccc23)n1. The molecule has 94 valence electrons. The van der Waals surface area contributed by atoms with E-state index in [4.69, 9.17) is 0 Å². The lowest BCUT2D eigenvalue weighted by Crippen LogP contribution is -2.01. The van der Waals surface area contributed by atoms with Gasteiger partial charge in [-0.3, -0.25) is 0 Å². The summed E-state index contributed by atoms with van der Waals surface area (Å²) in [6.07, 6.45) is 1.87. The van der Waals surface area contributed by atoms with Gasteiger partial charge in [-0.2, -0.15) is 5.10 Å². The third kappa shape index (κ3) is 1.87. The second-order valence-electron chi connectivity index (χ2n) is 4.38. The average molecular weight is 252 g/mol. The molecule has 0 amide bonds. The van der Waals surface area contributed by atoms with Crippen molar-refractivity contribution in [3.63, 3.8) is 0 Å². The number of hydrogen-bond donors (Lipinski definition) is 1. The van der Waals surface area contributed by atoms with E-state index in [1.165, 1.54) is 0 Å². The molecule has 0 saturated heterocycles. The fraction of sp³-hybridized carbons (Fsp3) is 0.0667. The third-order valence-corrected chi connectivity index (χ3v) is 3.10. The summed E-state index contributed by atoms with van der Waals surface area (Å²) in [6, 6.07) is 12.8. The minimum atomic E-state index is -0.917. The zero-order valence-corrected chi connectivity index (χ0v) is 10.4. The van der Waals surface area contributed by atoms with E-state index in [9.17, 15) is 9.90 Å². The van der Waals surface area contributed by atoms with E-state index in [-0.39, 0.29) is 0 Å². The highest BCUT2D eigenvalue weighted by atomic mass is 16.4. The second kappa shape index (κ2) is 4.24. The van der Waals surface area contributed by atoms with E-state index in [0.717, 1.165) is 22.2 Å². The summed E-state index contributed by atoms with van der Waals surface area (Å²) < 4.78 is 1.77. The predicted octanol–water partition coefficient (Wildman–Crippen LogP) is 3.03. The molecule has 1 N–H and O–H groups in total. The van der Waals surface area contributed by atoms with Gasteiger partial charge in [0.2, 0.25) is 0 Å². The van der Waals surface area contributed by atoms with Crippen molar-refractivity contribution >= 4 is 16.7 Å². The minimum Gasteiger partial charge on any atom is -0.478 e. The number of carbonyl (C=O) groups is 1. The molecule has 2 aromatic carbocycles. The Morgan fingerprint density at radius 2 is 1.84 bits per heavy atom. The van der Waals surface area contributed by atoms with Crippen LogP contribution in [0, 0.1) is 6.92 Å². The van der Waals surface area contributed by atoms with Crippen LogP contribution in [0.1, 0.15) is 16.1 Å². The number of nitrogens with zero attached hydrogens (tertiary/aromatic N) is 2. The van der Waals surface area contributed by atoms with Crippen molar-refractivity contribution in [1.82, 2.24) is 9.78 Å². The van der Waals surface area contributed by atoms with Crippen LogP contribution in [-0.4, -0.2) is 20.9 Å². The number of aryl methyl sites for hydroxylation is 1. The van der Waals surface area contributed by atoms with Crippen LogP contribution in [0.25, 0.3) is 16.5 Å². The Labute approximate surface area is 109 Å². The van der Waals surface area contributed by atoms with Gasteiger partial charge in [-0.05, 0) is 30.5 Å². The van der Waals surface area contributed by atoms with Crippen molar-refractivity contribution in [3.8, 4) is 5.69 Å². The van der Waals surface area contributed by atoms with E-state index < -0.39 is 5.97 Å². The van der Waals surface area contributed by atoms with Gasteiger partial charge in [-0.15, -0.1) is 0 Å². The van der Waals surface area contributed by atoms with Gasteiger partial charge in [0, 0.05) is 11.6 Å². The molecular formula is C15H12N2O2. The fourth-order valence-electron chi connectivity index (χ4n) is 2.22. The van der Waals surface area contributed by atoms with E-state index in [1.807, 2.05) is 43.5 Å². The lowest BCUT2D eigenvalue weighted by Gasteiger charge is -2.09. The minimum absolute atomic E-state index is 0.309. The topological polar surface area (TPSA) is 55.1 Å². The maximum absolute atomic E-state index is 11.2. The number of benzene rings is 2. The van der Waals surface area contributed by atoms with Crippen LogP contribution in [0.2, 0.25) is 0 Å². The van der Waals surface area contributed by atoms with Crippen LogP contribution in [0.5, 0.6) is 0 Å². The van der Waals surface area contributed by atoms with Gasteiger partial charge in [-0.25, -0.2) is 9.48 Å². The Hall–Kier alpha value is -2.62. The quantitative estimate of drug-likeness (QED) is 0.762. The van der Waals surface area contributed by atoms with Crippen molar-refractivity contribution in [2.45, 2.75) is 6.92 Å². The highest BCUT2D eigenvalue weighted by Crippen LogP contribution is 2.25. The molecule has 0 bridgehead atoms. The maximum Gasteiger partial charge on any atom is 0.336 e. The number of aromatic nitrogens is 2. The zero-order chi connectivity index (χ0) is 13.4. The van der Waals surface area contributed by atoms with E-state index >= 15 is 0 Å². The lowest BCUT2D eigenvalue weighted by atomic mass is 10.0. The van der Waals surface area contributed by atoms with E-state index in [0.29, 0.717) is 5.56 Å². The van der Waals surface area contributed by atoms with Gasteiger partial charge in [0.05, 0.1) is 16.9 Å². The molecule has 0 unspecified atom stereocenters. The molecule has 0 atom stereocenters. The molecule has 0 saturated carbocycles. The smallest absolute Gasteiger partial charge is 0.336 e. The second-order valence-corrected chi connectivity index (χ2v) is 4.38. The molecule has 0 aliphatic heterocycles. The average Bonchev–Trinajstić information content (AvgIpc) is 2.83. The highest BCUT2D eigenvalue weighted by molar-refractivity contribution is 6.06. The summed E-state index contributed by atoms with van der Waals surface area (Å²) in [4.78, 5) is 11.2. The fourth-order valence-corrected chi connectivity index (χ4v) is 2.22. The summed E-state index contributed by atoms with van der Waals surface area (Å²) >= 11 is 0. The molecule has 3 rings (SSSR count). The Balaban J connectivity index is 2.34. The van der Waals surface area contributed by atoms with Gasteiger partial charge in [0.25, 0.3) is 0 Å². The summed E-state index contributed by atoms with van der Waals surface area (Å²) in [5, 5.41) is 15.2. The summed E-state index contributed by atoms with van der Waals surface area (Å²) in [5.74, 6) is -0.917. The molecule has 0 aliphatic carbocycles. The first kappa shape index (κ1) is 11.5. The number of aromatic carboxylic acids is 1. The molecule has 0 spiro atoms. The number of carboxylic acids is 1. The van der Waals surface area contributed by atoms with Gasteiger partial charge in [0.15, 0.2) is 0 Å². The molecule has 4 nitrogen and oxygen atoms in total. The van der Waals surface area contributed by atoms with Crippen molar-refractivity contribution in [2.24, 2.45) is 0 Å². The standard InChI is InChI=1S/C15H12N2O2/c1-10-8-9-17(16-10)14-7-6-13(15(18)19)11-4-2-3-5-12(11)14/h2-9H,1H3,(H,18,19). The van der Waals surface area contributed by atoms with Crippen molar-refractivity contribution < 1.29 is 9.90 Å². The Bertz CT molecular complexity index is 775. The molecule has 1 heterocycles. The maximum atomic E-state index is 11.2. The van der Waals surface area contributed by atoms with E-state index in [2.05, 4.69) is 5.10 Å². The van der Waals surface area contributed by atoms with Gasteiger partial charge >= 0.3 is 5.97 Å². The molecule has 19 heavy (non-hydrogen) atoms. The zero-order valence-electron chi connectivity index (χ0n) is 10.4. The normalized spacial score (nSPS) is 10.8. The molecule has 3 aromatic rings. The third-order valence-electron chi connectivity index (χ3n) is 3.10. The van der Waals surface area contributed by atoms with Gasteiger partial charge < -0.3 is 5.11 Å². The molecule has 0 aliphatic rings. The van der Waals surface area contributed by atoms with E-state index in [1.54, 1.807) is 16.8 Å². The van der Waals surface area contributed by atoms with Crippen molar-refractivity contribution in [1.29, 1.82) is 0 Å². The summed E-state index contributed by atoms with van der Waals surface area (Å²) in [5.41, 5.74) is 2.11. The predicted molar refractivity (Wildman–Crippen MR) is 72.8 cm³/mol. The number of rotatable bonds is 2. The molecule has 4 heteroatoms. The molecule has 1 aromatic heterocycles. The van der Waals surface area contributed by atoms with Crippen LogP contribution in [0.15, 0.2) is 48.7 Å². The van der Waals surface area contributed by atoms with Gasteiger partial charge in [0.1, 0.15) is 0 Å². The molecule has 0 radical (unpaired) electrons. The Morgan fingerprint density at radius 1 is 1.11 bits per heavy atom. The first-order valence-electron chi connectivity index (χ1n) is 5.94. The van der Waals surface area contributed by atoms with Crippen LogP contribution in [0.4, 0.5) is 0 Å². The highest BCUT2D eigenvalue weighted by Gasteiger charge is 2.12. The van der Waals surface area contributed by atoms with Crippen molar-refractivity contribution in [2.75, 3.05) is 0 Å². The number of carboxylic acid groups (broad SMARTS) is 1. The first-order chi connectivity index (χ1) is 9.16. The van der Waals surface area contributed by atoms with Gasteiger partial charge in [-0.1, -0.05) is 24.3 Å².